The zero-order valence-electron chi connectivity index (χ0n) is 15.3. The Balaban J connectivity index is 5.77. The zero-order valence-corrected chi connectivity index (χ0v) is 16.3. The molecule has 0 heterocycles. The number of alkyl halides is 13. The molecule has 182 valence electrons. The van der Waals surface area contributed by atoms with E-state index in [1.807, 2.05) is 0 Å². The molecule has 0 aliphatic rings. The van der Waals surface area contributed by atoms with Crippen LogP contribution in [0.15, 0.2) is 0 Å². The predicted octanol–water partition coefficient (Wildman–Crippen LogP) is 4.31. The van der Waals surface area contributed by atoms with E-state index in [4.69, 9.17) is 0 Å². The van der Waals surface area contributed by atoms with Gasteiger partial charge in [0.25, 0.3) is 6.43 Å². The standard InChI is InChI=1S/C13H17F13O3Si/c1-27-30(28-2,29-3)11(22)13(25,26)12(23,24)9(19)7(17)5(15)4(14)6(16)8(18)10(20)21/h4-11H,1-3H3. The number of halogens is 13. The molecule has 0 bridgehead atoms. The number of hydrogen-bond acceptors (Lipinski definition) is 3. The van der Waals surface area contributed by atoms with Crippen LogP contribution in [0.3, 0.4) is 0 Å². The lowest BCUT2D eigenvalue weighted by Gasteiger charge is -2.37. The lowest BCUT2D eigenvalue weighted by molar-refractivity contribution is -0.271. The Morgan fingerprint density at radius 1 is 0.533 bits per heavy atom. The fourth-order valence-electron chi connectivity index (χ4n) is 2.16. The van der Waals surface area contributed by atoms with Gasteiger partial charge in [-0.1, -0.05) is 0 Å². The molecule has 0 aromatic heterocycles. The average molecular weight is 496 g/mol. The molecule has 30 heavy (non-hydrogen) atoms. The minimum atomic E-state index is -6.44. The maximum Gasteiger partial charge on any atom is 0.543 e. The summed E-state index contributed by atoms with van der Waals surface area (Å²) in [6.07, 6.45) is -30.8. The van der Waals surface area contributed by atoms with Crippen molar-refractivity contribution in [3.05, 3.63) is 0 Å². The highest BCUT2D eigenvalue weighted by Gasteiger charge is 2.75. The van der Waals surface area contributed by atoms with Crippen LogP contribution in [0.1, 0.15) is 0 Å². The van der Waals surface area contributed by atoms with Crippen LogP contribution in [0.4, 0.5) is 57.1 Å². The molecule has 0 aromatic rings. The van der Waals surface area contributed by atoms with Crippen molar-refractivity contribution in [1.82, 2.24) is 0 Å². The minimum absolute atomic E-state index is 0.494. The van der Waals surface area contributed by atoms with E-state index >= 15 is 0 Å². The summed E-state index contributed by atoms with van der Waals surface area (Å²) in [5.74, 6) is -16.9. The Bertz CT molecular complexity index is 516. The summed E-state index contributed by atoms with van der Waals surface area (Å²) in [6, 6.07) is 0. The maximum absolute atomic E-state index is 14.1. The van der Waals surface area contributed by atoms with E-state index < -0.39 is 69.9 Å². The van der Waals surface area contributed by atoms with E-state index in [9.17, 15) is 57.1 Å². The van der Waals surface area contributed by atoms with E-state index in [1.165, 1.54) is 0 Å². The molecule has 0 aliphatic heterocycles. The van der Waals surface area contributed by atoms with Crippen molar-refractivity contribution in [3.8, 4) is 0 Å². The summed E-state index contributed by atoms with van der Waals surface area (Å²) in [5, 5.41) is 0. The highest BCUT2D eigenvalue weighted by molar-refractivity contribution is 6.62. The van der Waals surface area contributed by atoms with E-state index in [-0.39, 0.29) is 0 Å². The van der Waals surface area contributed by atoms with Gasteiger partial charge in [0.2, 0.25) is 12.0 Å². The normalized spacial score (nSPS) is 21.1. The first-order valence-corrected chi connectivity index (χ1v) is 9.48. The molecule has 0 saturated carbocycles. The van der Waals surface area contributed by atoms with E-state index in [0.717, 1.165) is 0 Å². The molecule has 0 rings (SSSR count). The van der Waals surface area contributed by atoms with Gasteiger partial charge < -0.3 is 13.3 Å². The first kappa shape index (κ1) is 29.2. The largest absolute Gasteiger partial charge is 0.543 e. The van der Waals surface area contributed by atoms with E-state index in [0.29, 0.717) is 21.3 Å². The van der Waals surface area contributed by atoms with Gasteiger partial charge in [0.1, 0.15) is 0 Å². The average Bonchev–Trinajstić information content (AvgIpc) is 2.71. The third-order valence-electron chi connectivity index (χ3n) is 4.01. The SMILES string of the molecule is CO[Si](OC)(OC)C(F)C(F)(F)C(F)(F)C(F)C(F)C(F)C(F)C(F)C(F)C(F)F. The van der Waals surface area contributed by atoms with E-state index in [1.54, 1.807) is 0 Å². The molecule has 7 unspecified atom stereocenters. The third-order valence-corrected chi connectivity index (χ3v) is 6.70. The van der Waals surface area contributed by atoms with Gasteiger partial charge in [-0.2, -0.15) is 17.6 Å². The molecular weight excluding hydrogens is 479 g/mol. The van der Waals surface area contributed by atoms with Gasteiger partial charge in [0.05, 0.1) is 0 Å². The Morgan fingerprint density at radius 2 is 0.867 bits per heavy atom. The highest BCUT2D eigenvalue weighted by atomic mass is 28.4. The van der Waals surface area contributed by atoms with Gasteiger partial charge in [-0.3, -0.25) is 0 Å². The molecule has 0 saturated heterocycles. The molecule has 0 amide bonds. The monoisotopic (exact) mass is 496 g/mol. The van der Waals surface area contributed by atoms with Gasteiger partial charge in [-0.25, -0.2) is 39.5 Å². The zero-order chi connectivity index (χ0) is 24.2. The first-order chi connectivity index (χ1) is 13.5. The van der Waals surface area contributed by atoms with Crippen LogP contribution in [0.25, 0.3) is 0 Å². The topological polar surface area (TPSA) is 27.7 Å². The molecule has 0 radical (unpaired) electrons. The van der Waals surface area contributed by atoms with Crippen molar-refractivity contribution < 1.29 is 70.4 Å². The molecule has 0 aliphatic carbocycles. The highest BCUT2D eigenvalue weighted by Crippen LogP contribution is 2.47. The maximum atomic E-state index is 14.1. The van der Waals surface area contributed by atoms with Crippen LogP contribution in [0, 0.1) is 0 Å². The smallest absolute Gasteiger partial charge is 0.375 e. The quantitative estimate of drug-likeness (QED) is 0.281. The third kappa shape index (κ3) is 5.32. The van der Waals surface area contributed by atoms with Crippen molar-refractivity contribution in [2.45, 2.75) is 61.1 Å². The van der Waals surface area contributed by atoms with Crippen LogP contribution in [-0.2, 0) is 13.3 Å². The number of hydrogen-bond donors (Lipinski definition) is 0. The second-order valence-electron chi connectivity index (χ2n) is 5.78. The Labute approximate surface area is 162 Å². The summed E-state index contributed by atoms with van der Waals surface area (Å²) in [5.41, 5.74) is 0. The lowest BCUT2D eigenvalue weighted by Crippen LogP contribution is -2.67. The Kier molecular flexibility index (Phi) is 10.4. The summed E-state index contributed by atoms with van der Waals surface area (Å²) in [4.78, 5) is 0. The lowest BCUT2D eigenvalue weighted by atomic mass is 9.96. The van der Waals surface area contributed by atoms with Crippen molar-refractivity contribution in [3.63, 3.8) is 0 Å². The van der Waals surface area contributed by atoms with Crippen molar-refractivity contribution >= 4 is 8.80 Å². The van der Waals surface area contributed by atoms with Crippen molar-refractivity contribution in [1.29, 1.82) is 0 Å². The molecule has 0 N–H and O–H groups in total. The predicted molar refractivity (Wildman–Crippen MR) is 77.0 cm³/mol. The Hall–Kier alpha value is -0.813. The van der Waals surface area contributed by atoms with Gasteiger partial charge in [0.15, 0.2) is 30.9 Å². The van der Waals surface area contributed by atoms with Gasteiger partial charge in [-0.15, -0.1) is 0 Å². The minimum Gasteiger partial charge on any atom is -0.375 e. The molecule has 0 fully saturated rings. The van der Waals surface area contributed by atoms with Gasteiger partial charge in [0, 0.05) is 21.3 Å². The fourth-order valence-corrected chi connectivity index (χ4v) is 3.92. The summed E-state index contributed by atoms with van der Waals surface area (Å²) in [7, 11) is -3.81. The molecule has 3 nitrogen and oxygen atoms in total. The van der Waals surface area contributed by atoms with Crippen LogP contribution in [0.5, 0.6) is 0 Å². The fraction of sp³-hybridized carbons (Fsp3) is 1.00. The second-order valence-corrected chi connectivity index (χ2v) is 8.72. The van der Waals surface area contributed by atoms with Gasteiger partial charge >= 0.3 is 20.6 Å². The van der Waals surface area contributed by atoms with Crippen molar-refractivity contribution in [2.24, 2.45) is 0 Å². The van der Waals surface area contributed by atoms with E-state index in [2.05, 4.69) is 13.3 Å². The summed E-state index contributed by atoms with van der Waals surface area (Å²) in [6.45, 7) is 0. The second kappa shape index (κ2) is 10.7. The number of rotatable bonds is 13. The molecule has 7 atom stereocenters. The van der Waals surface area contributed by atoms with Gasteiger partial charge in [-0.05, 0) is 0 Å². The molecular formula is C13H17F13O3Si. The molecule has 0 spiro atoms. The molecule has 0 aromatic carbocycles. The van der Waals surface area contributed by atoms with Crippen LogP contribution < -0.4 is 0 Å². The first-order valence-electron chi connectivity index (χ1n) is 7.67. The van der Waals surface area contributed by atoms with Crippen molar-refractivity contribution in [2.75, 3.05) is 21.3 Å². The van der Waals surface area contributed by atoms with Crippen LogP contribution in [-0.4, -0.2) is 91.2 Å². The van der Waals surface area contributed by atoms with Crippen LogP contribution in [0.2, 0.25) is 0 Å². The summed E-state index contributed by atoms with van der Waals surface area (Å²) < 4.78 is 186. The summed E-state index contributed by atoms with van der Waals surface area (Å²) >= 11 is 0. The molecule has 17 heteroatoms. The Morgan fingerprint density at radius 3 is 1.20 bits per heavy atom. The van der Waals surface area contributed by atoms with Crippen LogP contribution >= 0.6 is 0 Å².